The van der Waals surface area contributed by atoms with Crippen molar-refractivity contribution < 1.29 is 14.3 Å². The van der Waals surface area contributed by atoms with Crippen LogP contribution in [0.1, 0.15) is 46.5 Å². The fraction of sp³-hybridized carbons (Fsp3) is 0.833. The van der Waals surface area contributed by atoms with E-state index in [1.54, 1.807) is 4.90 Å². The Hall–Kier alpha value is -1.06. The van der Waals surface area contributed by atoms with Crippen molar-refractivity contribution in [2.24, 2.45) is 0 Å². The summed E-state index contributed by atoms with van der Waals surface area (Å²) < 4.78 is 5.37. The lowest BCUT2D eigenvalue weighted by Crippen LogP contribution is -2.48. The number of piperidine rings is 1. The van der Waals surface area contributed by atoms with E-state index in [1.807, 2.05) is 20.8 Å². The Morgan fingerprint density at radius 1 is 1.25 bits per heavy atom. The Morgan fingerprint density at radius 3 is 2.19 bits per heavy atom. The zero-order chi connectivity index (χ0) is 11.9. The summed E-state index contributed by atoms with van der Waals surface area (Å²) in [6, 6.07) is 0.169. The Kier molecular flexibility index (Phi) is 2.68. The Bertz CT molecular complexity index is 303. The molecule has 0 aliphatic carbocycles. The number of carbonyl (C=O) groups is 2. The number of hydrogen-bond acceptors (Lipinski definition) is 3. The first-order valence-corrected chi connectivity index (χ1v) is 5.90. The summed E-state index contributed by atoms with van der Waals surface area (Å²) >= 11 is 0. The third kappa shape index (κ3) is 2.20. The minimum atomic E-state index is -0.460. The summed E-state index contributed by atoms with van der Waals surface area (Å²) in [7, 11) is 0. The molecule has 2 fully saturated rings. The lowest BCUT2D eigenvalue weighted by molar-refractivity contribution is -0.123. The van der Waals surface area contributed by atoms with E-state index in [0.29, 0.717) is 12.8 Å². The number of carbonyl (C=O) groups excluding carboxylic acids is 2. The molecule has 2 aliphatic heterocycles. The van der Waals surface area contributed by atoms with Gasteiger partial charge in [0, 0.05) is 24.9 Å². The number of nitrogens with zero attached hydrogens (tertiary/aromatic N) is 1. The minimum absolute atomic E-state index is 0.0844. The molecule has 16 heavy (non-hydrogen) atoms. The SMILES string of the molecule is CC(C)(C)OC(=O)N1[C@H]2CC[C@H]1CC(=O)C2. The lowest BCUT2D eigenvalue weighted by atomic mass is 10.0. The van der Waals surface area contributed by atoms with E-state index < -0.39 is 5.60 Å². The van der Waals surface area contributed by atoms with Gasteiger partial charge in [-0.2, -0.15) is 0 Å². The van der Waals surface area contributed by atoms with Crippen molar-refractivity contribution in [3.63, 3.8) is 0 Å². The Morgan fingerprint density at radius 2 is 1.75 bits per heavy atom. The molecule has 0 aromatic carbocycles. The molecule has 0 radical (unpaired) electrons. The predicted molar refractivity (Wildman–Crippen MR) is 59.1 cm³/mol. The summed E-state index contributed by atoms with van der Waals surface area (Å²) in [5, 5.41) is 0. The standard InChI is InChI=1S/C12H19NO3/c1-12(2,3)16-11(15)13-8-4-5-9(13)7-10(14)6-8/h8-9H,4-7H2,1-3H3/t8-,9-/m0/s1. The molecule has 0 saturated carbocycles. The summed E-state index contributed by atoms with van der Waals surface area (Å²) in [4.78, 5) is 25.2. The fourth-order valence-corrected chi connectivity index (χ4v) is 2.58. The van der Waals surface area contributed by atoms with Crippen molar-refractivity contribution in [3.8, 4) is 0 Å². The first kappa shape index (κ1) is 11.4. The molecule has 90 valence electrons. The van der Waals surface area contributed by atoms with Gasteiger partial charge >= 0.3 is 6.09 Å². The zero-order valence-corrected chi connectivity index (χ0v) is 10.2. The molecule has 2 saturated heterocycles. The van der Waals surface area contributed by atoms with Crippen molar-refractivity contribution in [2.45, 2.75) is 64.1 Å². The van der Waals surface area contributed by atoms with Crippen LogP contribution in [0.25, 0.3) is 0 Å². The van der Waals surface area contributed by atoms with Crippen LogP contribution >= 0.6 is 0 Å². The van der Waals surface area contributed by atoms with Crippen molar-refractivity contribution in [1.82, 2.24) is 4.90 Å². The maximum absolute atomic E-state index is 12.0. The highest BCUT2D eigenvalue weighted by Gasteiger charge is 2.44. The highest BCUT2D eigenvalue weighted by molar-refractivity contribution is 5.83. The summed E-state index contributed by atoms with van der Waals surface area (Å²) in [5.41, 5.74) is -0.460. The van der Waals surface area contributed by atoms with Crippen LogP contribution in [0.3, 0.4) is 0 Å². The lowest BCUT2D eigenvalue weighted by Gasteiger charge is -2.35. The first-order chi connectivity index (χ1) is 7.37. The normalized spacial score (nSPS) is 29.4. The fourth-order valence-electron chi connectivity index (χ4n) is 2.58. The quantitative estimate of drug-likeness (QED) is 0.634. The van der Waals surface area contributed by atoms with Crippen LogP contribution in [0.2, 0.25) is 0 Å². The van der Waals surface area contributed by atoms with Crippen molar-refractivity contribution in [3.05, 3.63) is 0 Å². The molecule has 2 rings (SSSR count). The maximum Gasteiger partial charge on any atom is 0.410 e. The number of ether oxygens (including phenoxy) is 1. The van der Waals surface area contributed by atoms with Crippen LogP contribution in [-0.2, 0) is 9.53 Å². The molecule has 0 aromatic heterocycles. The van der Waals surface area contributed by atoms with Gasteiger partial charge in [0.1, 0.15) is 11.4 Å². The molecule has 0 N–H and O–H groups in total. The molecule has 0 spiro atoms. The molecule has 2 heterocycles. The van der Waals surface area contributed by atoms with Crippen LogP contribution < -0.4 is 0 Å². The number of ketones is 1. The maximum atomic E-state index is 12.0. The van der Waals surface area contributed by atoms with E-state index in [4.69, 9.17) is 4.74 Å². The highest BCUT2D eigenvalue weighted by atomic mass is 16.6. The van der Waals surface area contributed by atoms with Crippen LogP contribution in [0.5, 0.6) is 0 Å². The first-order valence-electron chi connectivity index (χ1n) is 5.90. The average molecular weight is 225 g/mol. The van der Waals surface area contributed by atoms with Crippen LogP contribution in [0.4, 0.5) is 4.79 Å². The van der Waals surface area contributed by atoms with Gasteiger partial charge in [0.05, 0.1) is 0 Å². The molecule has 1 amide bonds. The van der Waals surface area contributed by atoms with Gasteiger partial charge in [-0.05, 0) is 33.6 Å². The Balaban J connectivity index is 2.06. The van der Waals surface area contributed by atoms with E-state index >= 15 is 0 Å². The molecular weight excluding hydrogens is 206 g/mol. The zero-order valence-electron chi connectivity index (χ0n) is 10.2. The van der Waals surface area contributed by atoms with E-state index in [9.17, 15) is 9.59 Å². The van der Waals surface area contributed by atoms with Gasteiger partial charge in [0.2, 0.25) is 0 Å². The Labute approximate surface area is 95.9 Å². The van der Waals surface area contributed by atoms with Crippen LogP contribution in [0.15, 0.2) is 0 Å². The van der Waals surface area contributed by atoms with Crippen molar-refractivity contribution in [2.75, 3.05) is 0 Å². The molecule has 2 aliphatic rings. The van der Waals surface area contributed by atoms with Gasteiger partial charge in [-0.15, -0.1) is 0 Å². The van der Waals surface area contributed by atoms with E-state index in [-0.39, 0.29) is 24.0 Å². The summed E-state index contributed by atoms with van der Waals surface area (Å²) in [5.74, 6) is 0.285. The molecule has 4 heteroatoms. The third-order valence-electron chi connectivity index (χ3n) is 3.15. The largest absolute Gasteiger partial charge is 0.444 e. The highest BCUT2D eigenvalue weighted by Crippen LogP contribution is 2.34. The summed E-state index contributed by atoms with van der Waals surface area (Å²) in [6.45, 7) is 5.59. The predicted octanol–water partition coefficient (Wildman–Crippen LogP) is 2.12. The smallest absolute Gasteiger partial charge is 0.410 e. The van der Waals surface area contributed by atoms with Crippen LogP contribution in [-0.4, -0.2) is 34.5 Å². The van der Waals surface area contributed by atoms with Gasteiger partial charge in [0.25, 0.3) is 0 Å². The number of rotatable bonds is 0. The van der Waals surface area contributed by atoms with Gasteiger partial charge in [-0.25, -0.2) is 4.79 Å². The van der Waals surface area contributed by atoms with E-state index in [2.05, 4.69) is 0 Å². The number of hydrogen-bond donors (Lipinski definition) is 0. The molecule has 0 unspecified atom stereocenters. The monoisotopic (exact) mass is 225 g/mol. The summed E-state index contributed by atoms with van der Waals surface area (Å²) in [6.07, 6.45) is 2.64. The van der Waals surface area contributed by atoms with Gasteiger partial charge in [-0.3, -0.25) is 4.79 Å². The molecular formula is C12H19NO3. The minimum Gasteiger partial charge on any atom is -0.444 e. The second kappa shape index (κ2) is 3.75. The number of Topliss-reactive ketones (excluding diaryl/α,β-unsaturated/α-hetero) is 1. The molecule has 4 nitrogen and oxygen atoms in total. The van der Waals surface area contributed by atoms with Crippen LogP contribution in [0, 0.1) is 0 Å². The average Bonchev–Trinajstić information content (AvgIpc) is 2.36. The van der Waals surface area contributed by atoms with E-state index in [0.717, 1.165) is 12.8 Å². The molecule has 0 aromatic rings. The van der Waals surface area contributed by atoms with Gasteiger partial charge in [-0.1, -0.05) is 0 Å². The number of amides is 1. The topological polar surface area (TPSA) is 46.6 Å². The van der Waals surface area contributed by atoms with Crippen molar-refractivity contribution >= 4 is 11.9 Å². The number of fused-ring (bicyclic) bond motifs is 2. The van der Waals surface area contributed by atoms with Gasteiger partial charge in [0.15, 0.2) is 0 Å². The second-order valence-corrected chi connectivity index (χ2v) is 5.72. The third-order valence-corrected chi connectivity index (χ3v) is 3.15. The molecule has 2 bridgehead atoms. The van der Waals surface area contributed by atoms with E-state index in [1.165, 1.54) is 0 Å². The molecule has 2 atom stereocenters. The van der Waals surface area contributed by atoms with Gasteiger partial charge < -0.3 is 9.64 Å². The second-order valence-electron chi connectivity index (χ2n) is 5.72. The van der Waals surface area contributed by atoms with Crippen molar-refractivity contribution in [1.29, 1.82) is 0 Å².